The lowest BCUT2D eigenvalue weighted by Gasteiger charge is -2.28. The highest BCUT2D eigenvalue weighted by Gasteiger charge is 2.24. The minimum Gasteiger partial charge on any atom is -0.354 e. The molecule has 2 rings (SSSR count). The van der Waals surface area contributed by atoms with E-state index in [1.165, 1.54) is 30.8 Å². The molecule has 0 amide bonds. The molecule has 1 atom stereocenters. The molecule has 1 aliphatic rings. The Hall–Kier alpha value is -0.340. The number of nitrogens with zero attached hydrogens (tertiary/aromatic N) is 3. The molecule has 1 fully saturated rings. The Morgan fingerprint density at radius 1 is 1.45 bits per heavy atom. The third kappa shape index (κ3) is 4.60. The molecule has 0 aromatic carbocycles. The fourth-order valence-electron chi connectivity index (χ4n) is 2.57. The Labute approximate surface area is 143 Å². The standard InChI is InChI=1S/C14H24N4S.HI/c1-15-14(17(2)3)16-11-12(13-7-6-10-19-13)18-8-4-5-9-18;/h6-7,10,12H,4-5,8-9,11H2,1-3H3,(H,15,16);1H. The highest BCUT2D eigenvalue weighted by molar-refractivity contribution is 14.0. The average Bonchev–Trinajstić information content (AvgIpc) is 3.07. The lowest BCUT2D eigenvalue weighted by atomic mass is 10.2. The fourth-order valence-corrected chi connectivity index (χ4v) is 3.43. The van der Waals surface area contributed by atoms with Gasteiger partial charge in [-0.2, -0.15) is 0 Å². The molecule has 114 valence electrons. The van der Waals surface area contributed by atoms with E-state index in [9.17, 15) is 0 Å². The van der Waals surface area contributed by atoms with Crippen molar-refractivity contribution in [1.82, 2.24) is 15.1 Å². The van der Waals surface area contributed by atoms with Crippen molar-refractivity contribution in [2.45, 2.75) is 18.9 Å². The zero-order valence-electron chi connectivity index (χ0n) is 12.5. The van der Waals surface area contributed by atoms with Crippen LogP contribution in [0.3, 0.4) is 0 Å². The number of rotatable bonds is 4. The number of thiophene rings is 1. The van der Waals surface area contributed by atoms with Crippen LogP contribution in [0.1, 0.15) is 23.8 Å². The Morgan fingerprint density at radius 3 is 2.65 bits per heavy atom. The molecule has 1 N–H and O–H groups in total. The van der Waals surface area contributed by atoms with E-state index in [0.717, 1.165) is 12.5 Å². The zero-order valence-corrected chi connectivity index (χ0v) is 15.6. The van der Waals surface area contributed by atoms with Gasteiger partial charge in [0.25, 0.3) is 0 Å². The van der Waals surface area contributed by atoms with Gasteiger partial charge in [0.1, 0.15) is 0 Å². The second-order valence-corrected chi connectivity index (χ2v) is 6.08. The van der Waals surface area contributed by atoms with E-state index in [4.69, 9.17) is 0 Å². The van der Waals surface area contributed by atoms with Crippen molar-refractivity contribution in [1.29, 1.82) is 0 Å². The van der Waals surface area contributed by atoms with Crippen LogP contribution in [0.4, 0.5) is 0 Å². The molecule has 0 radical (unpaired) electrons. The molecule has 20 heavy (non-hydrogen) atoms. The van der Waals surface area contributed by atoms with Crippen LogP contribution in [-0.4, -0.2) is 56.5 Å². The largest absolute Gasteiger partial charge is 0.354 e. The van der Waals surface area contributed by atoms with Crippen LogP contribution in [0.15, 0.2) is 22.5 Å². The van der Waals surface area contributed by atoms with Gasteiger partial charge in [-0.05, 0) is 37.4 Å². The molecule has 6 heteroatoms. The highest BCUT2D eigenvalue weighted by Crippen LogP contribution is 2.27. The third-order valence-corrected chi connectivity index (χ3v) is 4.52. The van der Waals surface area contributed by atoms with Crippen molar-refractivity contribution in [2.75, 3.05) is 40.8 Å². The summed E-state index contributed by atoms with van der Waals surface area (Å²) in [5.74, 6) is 0.945. The fraction of sp³-hybridized carbons (Fsp3) is 0.643. The first kappa shape index (κ1) is 17.7. The molecule has 1 unspecified atom stereocenters. The van der Waals surface area contributed by atoms with Gasteiger partial charge in [-0.1, -0.05) is 6.07 Å². The van der Waals surface area contributed by atoms with Crippen molar-refractivity contribution in [3.05, 3.63) is 22.4 Å². The van der Waals surface area contributed by atoms with Gasteiger partial charge < -0.3 is 10.2 Å². The smallest absolute Gasteiger partial charge is 0.193 e. The van der Waals surface area contributed by atoms with E-state index in [-0.39, 0.29) is 24.0 Å². The molecule has 0 spiro atoms. The minimum atomic E-state index is 0. The first-order valence-corrected chi connectivity index (χ1v) is 7.75. The zero-order chi connectivity index (χ0) is 13.7. The first-order valence-electron chi connectivity index (χ1n) is 6.88. The summed E-state index contributed by atoms with van der Waals surface area (Å²) in [4.78, 5) is 10.3. The Kier molecular flexibility index (Phi) is 7.83. The first-order chi connectivity index (χ1) is 9.22. The predicted octanol–water partition coefficient (Wildman–Crippen LogP) is 2.64. The molecule has 0 aliphatic carbocycles. The molecule has 0 saturated carbocycles. The number of halogens is 1. The van der Waals surface area contributed by atoms with E-state index in [0.29, 0.717) is 6.04 Å². The second kappa shape index (κ2) is 8.84. The molecule has 0 bridgehead atoms. The van der Waals surface area contributed by atoms with Crippen molar-refractivity contribution in [3.63, 3.8) is 0 Å². The number of likely N-dealkylation sites (tertiary alicyclic amines) is 1. The van der Waals surface area contributed by atoms with E-state index in [2.05, 4.69) is 32.7 Å². The summed E-state index contributed by atoms with van der Waals surface area (Å²) in [5.41, 5.74) is 0. The summed E-state index contributed by atoms with van der Waals surface area (Å²) in [6, 6.07) is 4.86. The van der Waals surface area contributed by atoms with Crippen molar-refractivity contribution < 1.29 is 0 Å². The average molecular weight is 408 g/mol. The highest BCUT2D eigenvalue weighted by atomic mass is 127. The molecule has 1 saturated heterocycles. The second-order valence-electron chi connectivity index (χ2n) is 5.10. The number of hydrogen-bond donors (Lipinski definition) is 1. The summed E-state index contributed by atoms with van der Waals surface area (Å²) >= 11 is 1.85. The van der Waals surface area contributed by atoms with Gasteiger partial charge in [0.15, 0.2) is 5.96 Å². The van der Waals surface area contributed by atoms with Crippen LogP contribution in [0, 0.1) is 0 Å². The lowest BCUT2D eigenvalue weighted by Crippen LogP contribution is -2.41. The topological polar surface area (TPSA) is 30.9 Å². The lowest BCUT2D eigenvalue weighted by molar-refractivity contribution is 0.248. The van der Waals surface area contributed by atoms with Crippen LogP contribution in [-0.2, 0) is 0 Å². The van der Waals surface area contributed by atoms with Gasteiger partial charge in [0.05, 0.1) is 6.04 Å². The molecule has 1 aliphatic heterocycles. The monoisotopic (exact) mass is 408 g/mol. The van der Waals surface area contributed by atoms with E-state index >= 15 is 0 Å². The van der Waals surface area contributed by atoms with Crippen LogP contribution in [0.5, 0.6) is 0 Å². The maximum atomic E-state index is 4.28. The number of aliphatic imine (C=N–C) groups is 1. The van der Waals surface area contributed by atoms with Crippen molar-refractivity contribution in [2.24, 2.45) is 4.99 Å². The van der Waals surface area contributed by atoms with Gasteiger partial charge in [0, 0.05) is 32.6 Å². The molecular weight excluding hydrogens is 383 g/mol. The van der Waals surface area contributed by atoms with Crippen molar-refractivity contribution >= 4 is 41.3 Å². The summed E-state index contributed by atoms with van der Waals surface area (Å²) in [5, 5.41) is 5.64. The number of hydrogen-bond acceptors (Lipinski definition) is 3. The van der Waals surface area contributed by atoms with Gasteiger partial charge in [-0.3, -0.25) is 9.89 Å². The number of nitrogens with one attached hydrogen (secondary N) is 1. The minimum absolute atomic E-state index is 0. The molecule has 1 aromatic rings. The normalized spacial score (nSPS) is 17.6. The quantitative estimate of drug-likeness (QED) is 0.472. The Morgan fingerprint density at radius 2 is 2.15 bits per heavy atom. The molecule has 4 nitrogen and oxygen atoms in total. The maximum Gasteiger partial charge on any atom is 0.193 e. The van der Waals surface area contributed by atoms with Crippen molar-refractivity contribution in [3.8, 4) is 0 Å². The summed E-state index contributed by atoms with van der Waals surface area (Å²) in [7, 11) is 5.87. The predicted molar refractivity (Wildman–Crippen MR) is 98.3 cm³/mol. The van der Waals surface area contributed by atoms with Crippen LogP contribution >= 0.6 is 35.3 Å². The van der Waals surface area contributed by atoms with Gasteiger partial charge in [0.2, 0.25) is 0 Å². The summed E-state index contributed by atoms with van der Waals surface area (Å²) < 4.78 is 0. The number of guanidine groups is 1. The van der Waals surface area contributed by atoms with Gasteiger partial charge in [-0.15, -0.1) is 35.3 Å². The van der Waals surface area contributed by atoms with Crippen LogP contribution in [0.25, 0.3) is 0 Å². The van der Waals surface area contributed by atoms with Crippen LogP contribution < -0.4 is 5.32 Å². The summed E-state index contributed by atoms with van der Waals surface area (Å²) in [6.45, 7) is 3.35. The Bertz CT molecular complexity index is 399. The molecule has 1 aromatic heterocycles. The summed E-state index contributed by atoms with van der Waals surface area (Å²) in [6.07, 6.45) is 2.65. The van der Waals surface area contributed by atoms with Gasteiger partial charge in [-0.25, -0.2) is 0 Å². The molecular formula is C14H25IN4S. The van der Waals surface area contributed by atoms with E-state index in [1.54, 1.807) is 0 Å². The van der Waals surface area contributed by atoms with Gasteiger partial charge >= 0.3 is 0 Å². The Balaban J connectivity index is 0.00000200. The SMILES string of the molecule is CN=C(NCC(c1cccs1)N1CCCC1)N(C)C.I. The van der Waals surface area contributed by atoms with E-state index < -0.39 is 0 Å². The van der Waals surface area contributed by atoms with E-state index in [1.807, 2.05) is 37.4 Å². The third-order valence-electron chi connectivity index (χ3n) is 3.54. The molecule has 2 heterocycles. The maximum absolute atomic E-state index is 4.28. The van der Waals surface area contributed by atoms with Crippen LogP contribution in [0.2, 0.25) is 0 Å².